The van der Waals surface area contributed by atoms with E-state index in [-0.39, 0.29) is 25.0 Å². The number of hydrogen-bond acceptors (Lipinski definition) is 6. The van der Waals surface area contributed by atoms with E-state index in [2.05, 4.69) is 0 Å². The fraction of sp³-hybridized carbons (Fsp3) is 1.00. The average Bonchev–Trinajstić information content (AvgIpc) is 2.72. The average molecular weight is 298 g/mol. The molecule has 0 spiro atoms. The first-order chi connectivity index (χ1) is 8.17. The molecule has 8 heteroatoms. The van der Waals surface area contributed by atoms with Gasteiger partial charge in [-0.1, -0.05) is 0 Å². The molecule has 0 aliphatic heterocycles. The number of fused-ring (bicyclic) bond motifs is 1. The maximum Gasteiger partial charge on any atom is 0.264 e. The first-order valence-electron chi connectivity index (χ1n) is 5.86. The van der Waals surface area contributed by atoms with Crippen molar-refractivity contribution in [2.75, 3.05) is 25.7 Å². The molecule has 2 bridgehead atoms. The summed E-state index contributed by atoms with van der Waals surface area (Å²) in [5, 5.41) is 0. The highest BCUT2D eigenvalue weighted by molar-refractivity contribution is 7.86. The van der Waals surface area contributed by atoms with E-state index in [1.54, 1.807) is 0 Å². The summed E-state index contributed by atoms with van der Waals surface area (Å²) in [7, 11) is -6.79. The predicted molar refractivity (Wildman–Crippen MR) is 64.8 cm³/mol. The minimum absolute atomic E-state index is 0.212. The lowest BCUT2D eigenvalue weighted by atomic mass is 9.64. The standard InChI is InChI=1S/C10H18O6S2/c1-17(11,12)15-5-9-7-3-4-8(9)10(7)6-16-18(2,13)14/h7-10H,3-6H2,1-2H3. The molecule has 0 aromatic carbocycles. The zero-order chi connectivity index (χ0) is 13.6. The highest BCUT2D eigenvalue weighted by atomic mass is 32.2. The van der Waals surface area contributed by atoms with Crippen molar-refractivity contribution in [2.24, 2.45) is 23.7 Å². The van der Waals surface area contributed by atoms with Crippen molar-refractivity contribution in [1.82, 2.24) is 0 Å². The third-order valence-corrected chi connectivity index (χ3v) is 5.11. The molecule has 3 fully saturated rings. The lowest BCUT2D eigenvalue weighted by Crippen LogP contribution is -2.45. The summed E-state index contributed by atoms with van der Waals surface area (Å²) in [6.07, 6.45) is 4.08. The van der Waals surface area contributed by atoms with Crippen molar-refractivity contribution in [3.63, 3.8) is 0 Å². The Morgan fingerprint density at radius 1 is 0.833 bits per heavy atom. The Labute approximate surface area is 108 Å². The van der Waals surface area contributed by atoms with Crippen LogP contribution in [0.4, 0.5) is 0 Å². The van der Waals surface area contributed by atoms with Gasteiger partial charge in [-0.3, -0.25) is 8.37 Å². The molecule has 106 valence electrons. The second-order valence-electron chi connectivity index (χ2n) is 5.21. The van der Waals surface area contributed by atoms with Gasteiger partial charge in [0, 0.05) is 0 Å². The Bertz CT molecular complexity index is 452. The molecule has 3 aliphatic rings. The van der Waals surface area contributed by atoms with Gasteiger partial charge >= 0.3 is 0 Å². The van der Waals surface area contributed by atoms with Crippen LogP contribution in [0.3, 0.4) is 0 Å². The fourth-order valence-corrected chi connectivity index (χ4v) is 4.07. The fourth-order valence-electron chi connectivity index (χ4n) is 3.26. The number of hydrogen-bond donors (Lipinski definition) is 0. The van der Waals surface area contributed by atoms with E-state index < -0.39 is 20.2 Å². The molecule has 6 nitrogen and oxygen atoms in total. The van der Waals surface area contributed by atoms with E-state index in [0.717, 1.165) is 25.4 Å². The quantitative estimate of drug-likeness (QED) is 0.652. The Morgan fingerprint density at radius 3 is 1.44 bits per heavy atom. The van der Waals surface area contributed by atoms with Gasteiger partial charge in [-0.05, 0) is 36.5 Å². The summed E-state index contributed by atoms with van der Waals surface area (Å²) in [6.45, 7) is 0.424. The molecule has 0 unspecified atom stereocenters. The zero-order valence-corrected chi connectivity index (χ0v) is 12.0. The van der Waals surface area contributed by atoms with E-state index in [0.29, 0.717) is 11.8 Å². The maximum absolute atomic E-state index is 10.9. The Balaban J connectivity index is 1.84. The van der Waals surface area contributed by atoms with Crippen LogP contribution < -0.4 is 0 Å². The molecule has 0 aromatic rings. The van der Waals surface area contributed by atoms with Gasteiger partial charge in [0.1, 0.15) is 0 Å². The van der Waals surface area contributed by atoms with Crippen LogP contribution in [0, 0.1) is 23.7 Å². The SMILES string of the molecule is CS(=O)(=O)OCC1C2CCC1C2COS(C)(=O)=O. The highest BCUT2D eigenvalue weighted by Crippen LogP contribution is 2.58. The van der Waals surface area contributed by atoms with Gasteiger partial charge in [0.15, 0.2) is 0 Å². The van der Waals surface area contributed by atoms with Crippen molar-refractivity contribution in [1.29, 1.82) is 0 Å². The first kappa shape index (κ1) is 14.2. The normalized spacial score (nSPS) is 35.4. The Morgan fingerprint density at radius 2 is 1.17 bits per heavy atom. The van der Waals surface area contributed by atoms with Crippen molar-refractivity contribution in [2.45, 2.75) is 12.8 Å². The van der Waals surface area contributed by atoms with Crippen molar-refractivity contribution in [3.8, 4) is 0 Å². The molecule has 0 amide bonds. The van der Waals surface area contributed by atoms with Gasteiger partial charge in [0.05, 0.1) is 25.7 Å². The molecule has 3 aliphatic carbocycles. The van der Waals surface area contributed by atoms with E-state index in [9.17, 15) is 16.8 Å². The third-order valence-electron chi connectivity index (χ3n) is 3.98. The molecule has 0 aromatic heterocycles. The van der Waals surface area contributed by atoms with E-state index >= 15 is 0 Å². The molecule has 0 radical (unpaired) electrons. The summed E-state index contributed by atoms with van der Waals surface area (Å²) in [5.41, 5.74) is 0. The molecule has 3 saturated carbocycles. The van der Waals surface area contributed by atoms with Crippen molar-refractivity contribution >= 4 is 20.2 Å². The largest absolute Gasteiger partial charge is 0.270 e. The van der Waals surface area contributed by atoms with Crippen LogP contribution in [0.2, 0.25) is 0 Å². The van der Waals surface area contributed by atoms with Crippen LogP contribution in [-0.2, 0) is 28.6 Å². The van der Waals surface area contributed by atoms with Crippen LogP contribution in [0.5, 0.6) is 0 Å². The Kier molecular flexibility index (Phi) is 3.74. The van der Waals surface area contributed by atoms with E-state index in [1.165, 1.54) is 0 Å². The summed E-state index contributed by atoms with van der Waals surface area (Å²) in [6, 6.07) is 0. The van der Waals surface area contributed by atoms with E-state index in [4.69, 9.17) is 8.37 Å². The summed E-state index contributed by atoms with van der Waals surface area (Å²) >= 11 is 0. The van der Waals surface area contributed by atoms with Crippen LogP contribution in [0.15, 0.2) is 0 Å². The highest BCUT2D eigenvalue weighted by Gasteiger charge is 2.55. The topological polar surface area (TPSA) is 86.7 Å². The van der Waals surface area contributed by atoms with Crippen LogP contribution in [0.25, 0.3) is 0 Å². The van der Waals surface area contributed by atoms with Gasteiger partial charge in [0.25, 0.3) is 20.2 Å². The second-order valence-corrected chi connectivity index (χ2v) is 8.50. The van der Waals surface area contributed by atoms with Gasteiger partial charge in [0.2, 0.25) is 0 Å². The lowest BCUT2D eigenvalue weighted by Gasteiger charge is -2.43. The maximum atomic E-state index is 10.9. The summed E-state index contributed by atoms with van der Waals surface area (Å²) in [5.74, 6) is 1.12. The molecule has 18 heavy (non-hydrogen) atoms. The zero-order valence-electron chi connectivity index (χ0n) is 10.4. The smallest absolute Gasteiger partial charge is 0.264 e. The van der Waals surface area contributed by atoms with Gasteiger partial charge in [-0.2, -0.15) is 16.8 Å². The van der Waals surface area contributed by atoms with Crippen molar-refractivity contribution < 1.29 is 25.2 Å². The van der Waals surface area contributed by atoms with Crippen LogP contribution >= 0.6 is 0 Å². The predicted octanol–water partition coefficient (Wildman–Crippen LogP) is 0.211. The molecule has 3 rings (SSSR count). The first-order valence-corrected chi connectivity index (χ1v) is 9.49. The molecule has 0 N–H and O–H groups in total. The van der Waals surface area contributed by atoms with Crippen LogP contribution in [0.1, 0.15) is 12.8 Å². The minimum Gasteiger partial charge on any atom is -0.270 e. The van der Waals surface area contributed by atoms with Gasteiger partial charge in [-0.15, -0.1) is 0 Å². The van der Waals surface area contributed by atoms with Crippen molar-refractivity contribution in [3.05, 3.63) is 0 Å². The van der Waals surface area contributed by atoms with Gasteiger partial charge < -0.3 is 0 Å². The molecule has 0 heterocycles. The van der Waals surface area contributed by atoms with E-state index in [1.807, 2.05) is 0 Å². The molecule has 0 atom stereocenters. The minimum atomic E-state index is -3.39. The van der Waals surface area contributed by atoms with Gasteiger partial charge in [-0.25, -0.2) is 0 Å². The van der Waals surface area contributed by atoms with Crippen LogP contribution in [-0.4, -0.2) is 42.6 Å². The molecule has 0 saturated heterocycles. The Hall–Kier alpha value is -0.180. The number of rotatable bonds is 6. The third kappa shape index (κ3) is 3.23. The summed E-state index contributed by atoms with van der Waals surface area (Å²) in [4.78, 5) is 0. The monoisotopic (exact) mass is 298 g/mol. The lowest BCUT2D eigenvalue weighted by molar-refractivity contribution is -0.0109. The molecular weight excluding hydrogens is 280 g/mol. The second kappa shape index (κ2) is 4.73. The summed E-state index contributed by atoms with van der Waals surface area (Å²) < 4.78 is 53.3. The molecular formula is C10H18O6S2.